The van der Waals surface area contributed by atoms with Crippen molar-refractivity contribution in [2.75, 3.05) is 0 Å². The molecule has 0 spiro atoms. The molecular weight excluding hydrogens is 174 g/mol. The van der Waals surface area contributed by atoms with Crippen molar-refractivity contribution in [2.45, 2.75) is 12.1 Å². The number of para-hydroxylation sites is 1. The van der Waals surface area contributed by atoms with E-state index in [-0.39, 0.29) is 12.1 Å². The summed E-state index contributed by atoms with van der Waals surface area (Å²) >= 11 is 0. The smallest absolute Gasteiger partial charge is 0.136 e. The normalized spacial score (nSPS) is 24.9. The van der Waals surface area contributed by atoms with Gasteiger partial charge in [-0.05, 0) is 18.2 Å². The van der Waals surface area contributed by atoms with E-state index < -0.39 is 0 Å². The van der Waals surface area contributed by atoms with Crippen molar-refractivity contribution < 1.29 is 4.74 Å². The molecule has 0 heterocycles. The molecule has 1 aromatic rings. The van der Waals surface area contributed by atoms with Gasteiger partial charge in [-0.15, -0.1) is 0 Å². The van der Waals surface area contributed by atoms with E-state index in [1.807, 2.05) is 54.6 Å². The minimum atomic E-state index is -0.0554. The first-order chi connectivity index (χ1) is 6.86. The van der Waals surface area contributed by atoms with E-state index in [0.29, 0.717) is 0 Å². The Morgan fingerprint density at radius 3 is 2.43 bits per heavy atom. The Kier molecular flexibility index (Phi) is 2.65. The van der Waals surface area contributed by atoms with Crippen molar-refractivity contribution in [1.29, 1.82) is 0 Å². The van der Waals surface area contributed by atoms with Crippen LogP contribution in [0.3, 0.4) is 0 Å². The highest BCUT2D eigenvalue weighted by Crippen LogP contribution is 2.14. The van der Waals surface area contributed by atoms with E-state index in [4.69, 9.17) is 10.5 Å². The molecule has 1 aromatic carbocycles. The fourth-order valence-electron chi connectivity index (χ4n) is 1.38. The highest BCUT2D eigenvalue weighted by Gasteiger charge is 2.15. The lowest BCUT2D eigenvalue weighted by atomic mass is 10.1. The van der Waals surface area contributed by atoms with Gasteiger partial charge >= 0.3 is 0 Å². The molecular formula is C12H13NO. The SMILES string of the molecule is NC1C=CC=CC1Oc1ccccc1. The van der Waals surface area contributed by atoms with Crippen LogP contribution in [0.4, 0.5) is 0 Å². The number of allylic oxidation sites excluding steroid dienone is 2. The first-order valence-corrected chi connectivity index (χ1v) is 4.68. The largest absolute Gasteiger partial charge is 0.484 e. The summed E-state index contributed by atoms with van der Waals surface area (Å²) in [5.41, 5.74) is 5.86. The lowest BCUT2D eigenvalue weighted by molar-refractivity contribution is 0.233. The van der Waals surface area contributed by atoms with Crippen LogP contribution in [0.25, 0.3) is 0 Å². The number of benzene rings is 1. The summed E-state index contributed by atoms with van der Waals surface area (Å²) in [5.74, 6) is 0.855. The molecule has 1 aliphatic rings. The van der Waals surface area contributed by atoms with Gasteiger partial charge < -0.3 is 10.5 Å². The van der Waals surface area contributed by atoms with E-state index in [9.17, 15) is 0 Å². The molecule has 2 unspecified atom stereocenters. The summed E-state index contributed by atoms with van der Waals surface area (Å²) in [4.78, 5) is 0. The molecule has 2 rings (SSSR count). The van der Waals surface area contributed by atoms with Gasteiger partial charge in [-0.25, -0.2) is 0 Å². The molecule has 0 saturated heterocycles. The van der Waals surface area contributed by atoms with Gasteiger partial charge in [0.05, 0.1) is 6.04 Å². The Morgan fingerprint density at radius 2 is 1.71 bits per heavy atom. The van der Waals surface area contributed by atoms with Crippen LogP contribution in [0.5, 0.6) is 5.75 Å². The Labute approximate surface area is 83.7 Å². The zero-order valence-electron chi connectivity index (χ0n) is 7.84. The summed E-state index contributed by atoms with van der Waals surface area (Å²) in [6.45, 7) is 0. The van der Waals surface area contributed by atoms with Crippen LogP contribution in [-0.4, -0.2) is 12.1 Å². The first kappa shape index (κ1) is 9.03. The van der Waals surface area contributed by atoms with Gasteiger partial charge in [0.15, 0.2) is 0 Å². The van der Waals surface area contributed by atoms with E-state index in [0.717, 1.165) is 5.75 Å². The average molecular weight is 187 g/mol. The Bertz CT molecular complexity index is 343. The van der Waals surface area contributed by atoms with Crippen LogP contribution in [0, 0.1) is 0 Å². The number of ether oxygens (including phenoxy) is 1. The maximum absolute atomic E-state index is 5.86. The van der Waals surface area contributed by atoms with Gasteiger partial charge in [0.25, 0.3) is 0 Å². The van der Waals surface area contributed by atoms with Crippen molar-refractivity contribution in [3.05, 3.63) is 54.6 Å². The second-order valence-electron chi connectivity index (χ2n) is 3.24. The standard InChI is InChI=1S/C12H13NO/c13-11-8-4-5-9-12(11)14-10-6-2-1-3-7-10/h1-9,11-12H,13H2. The molecule has 0 radical (unpaired) electrons. The predicted octanol–water partition coefficient (Wildman–Crippen LogP) is 1.89. The molecule has 2 atom stereocenters. The average Bonchev–Trinajstić information content (AvgIpc) is 2.23. The fraction of sp³-hybridized carbons (Fsp3) is 0.167. The Morgan fingerprint density at radius 1 is 1.00 bits per heavy atom. The molecule has 0 fully saturated rings. The molecule has 0 aromatic heterocycles. The molecule has 2 nitrogen and oxygen atoms in total. The summed E-state index contributed by atoms with van der Waals surface area (Å²) in [7, 11) is 0. The van der Waals surface area contributed by atoms with Crippen molar-refractivity contribution in [3.63, 3.8) is 0 Å². The summed E-state index contributed by atoms with van der Waals surface area (Å²) in [5, 5.41) is 0. The van der Waals surface area contributed by atoms with Crippen LogP contribution >= 0.6 is 0 Å². The third-order valence-corrected chi connectivity index (χ3v) is 2.14. The number of rotatable bonds is 2. The highest BCUT2D eigenvalue weighted by atomic mass is 16.5. The second kappa shape index (κ2) is 4.11. The van der Waals surface area contributed by atoms with Crippen molar-refractivity contribution in [1.82, 2.24) is 0 Å². The maximum Gasteiger partial charge on any atom is 0.136 e. The zero-order chi connectivity index (χ0) is 9.80. The maximum atomic E-state index is 5.86. The molecule has 2 N–H and O–H groups in total. The summed E-state index contributed by atoms with van der Waals surface area (Å²) < 4.78 is 5.70. The van der Waals surface area contributed by atoms with Gasteiger partial charge in [0, 0.05) is 0 Å². The van der Waals surface area contributed by atoms with Crippen molar-refractivity contribution >= 4 is 0 Å². The summed E-state index contributed by atoms with van der Waals surface area (Å²) in [6, 6.07) is 9.66. The van der Waals surface area contributed by atoms with Crippen LogP contribution in [-0.2, 0) is 0 Å². The highest BCUT2D eigenvalue weighted by molar-refractivity contribution is 5.25. The van der Waals surface area contributed by atoms with E-state index >= 15 is 0 Å². The minimum Gasteiger partial charge on any atom is -0.484 e. The predicted molar refractivity (Wildman–Crippen MR) is 57.1 cm³/mol. The number of nitrogens with two attached hydrogens (primary N) is 1. The van der Waals surface area contributed by atoms with E-state index in [1.165, 1.54) is 0 Å². The number of hydrogen-bond acceptors (Lipinski definition) is 2. The molecule has 14 heavy (non-hydrogen) atoms. The van der Waals surface area contributed by atoms with Crippen LogP contribution in [0.1, 0.15) is 0 Å². The molecule has 2 heteroatoms. The topological polar surface area (TPSA) is 35.2 Å². The second-order valence-corrected chi connectivity index (χ2v) is 3.24. The molecule has 1 aliphatic carbocycles. The van der Waals surface area contributed by atoms with Crippen molar-refractivity contribution in [3.8, 4) is 5.75 Å². The molecule has 0 amide bonds. The Balaban J connectivity index is 2.05. The fourth-order valence-corrected chi connectivity index (χ4v) is 1.38. The zero-order valence-corrected chi connectivity index (χ0v) is 7.84. The molecule has 0 bridgehead atoms. The van der Waals surface area contributed by atoms with Crippen LogP contribution in [0.15, 0.2) is 54.6 Å². The molecule has 72 valence electrons. The Hall–Kier alpha value is -1.54. The van der Waals surface area contributed by atoms with Gasteiger partial charge in [0.2, 0.25) is 0 Å². The lowest BCUT2D eigenvalue weighted by Crippen LogP contribution is -2.36. The van der Waals surface area contributed by atoms with Crippen LogP contribution in [0.2, 0.25) is 0 Å². The van der Waals surface area contributed by atoms with Gasteiger partial charge in [-0.3, -0.25) is 0 Å². The van der Waals surface area contributed by atoms with Crippen LogP contribution < -0.4 is 10.5 Å². The van der Waals surface area contributed by atoms with E-state index in [2.05, 4.69) is 0 Å². The number of hydrogen-bond donors (Lipinski definition) is 1. The molecule has 0 aliphatic heterocycles. The quantitative estimate of drug-likeness (QED) is 0.767. The summed E-state index contributed by atoms with van der Waals surface area (Å²) in [6.07, 6.45) is 7.75. The third-order valence-electron chi connectivity index (χ3n) is 2.14. The monoisotopic (exact) mass is 187 g/mol. The molecule has 0 saturated carbocycles. The van der Waals surface area contributed by atoms with Gasteiger partial charge in [-0.2, -0.15) is 0 Å². The third kappa shape index (κ3) is 2.03. The first-order valence-electron chi connectivity index (χ1n) is 4.68. The van der Waals surface area contributed by atoms with Crippen molar-refractivity contribution in [2.24, 2.45) is 5.73 Å². The van der Waals surface area contributed by atoms with E-state index in [1.54, 1.807) is 0 Å². The van der Waals surface area contributed by atoms with Gasteiger partial charge in [-0.1, -0.05) is 36.4 Å². The minimum absolute atomic E-state index is 0.0533. The lowest BCUT2D eigenvalue weighted by Gasteiger charge is -2.21. The van der Waals surface area contributed by atoms with Gasteiger partial charge in [0.1, 0.15) is 11.9 Å².